The van der Waals surface area contributed by atoms with E-state index < -0.39 is 0 Å². The Hall–Kier alpha value is -3.93. The van der Waals surface area contributed by atoms with Crippen molar-refractivity contribution < 1.29 is 9.53 Å². The van der Waals surface area contributed by atoms with Crippen LogP contribution in [0.3, 0.4) is 0 Å². The summed E-state index contributed by atoms with van der Waals surface area (Å²) in [6.07, 6.45) is 4.26. The van der Waals surface area contributed by atoms with Gasteiger partial charge in [-0.2, -0.15) is 0 Å². The molecule has 0 atom stereocenters. The number of carbonyl (C=O) groups excluding carboxylic acids is 1. The van der Waals surface area contributed by atoms with Crippen molar-refractivity contribution in [3.63, 3.8) is 0 Å². The van der Waals surface area contributed by atoms with Gasteiger partial charge in [0.1, 0.15) is 17.3 Å². The predicted molar refractivity (Wildman–Crippen MR) is 114 cm³/mol. The number of aromatic nitrogens is 2. The molecular formula is C23H20N4O2. The van der Waals surface area contributed by atoms with Gasteiger partial charge in [0, 0.05) is 29.0 Å². The van der Waals surface area contributed by atoms with Crippen LogP contribution in [0.15, 0.2) is 73.1 Å². The van der Waals surface area contributed by atoms with Crippen LogP contribution in [0.25, 0.3) is 10.9 Å². The first-order valence-corrected chi connectivity index (χ1v) is 9.31. The van der Waals surface area contributed by atoms with E-state index in [0.717, 1.165) is 22.9 Å². The van der Waals surface area contributed by atoms with Crippen LogP contribution in [0, 0.1) is 0 Å². The molecule has 2 aromatic carbocycles. The van der Waals surface area contributed by atoms with Gasteiger partial charge in [0.15, 0.2) is 0 Å². The third-order valence-electron chi connectivity index (χ3n) is 4.54. The normalized spacial score (nSPS) is 10.7. The SMILES string of the molecule is CCc1ccnc(NC(=O)c2ccc(Oc3ccnc4ccc(N)cc34)cc2)c1. The molecule has 2 heterocycles. The zero-order chi connectivity index (χ0) is 20.2. The van der Waals surface area contributed by atoms with Gasteiger partial charge in [0.2, 0.25) is 0 Å². The summed E-state index contributed by atoms with van der Waals surface area (Å²) < 4.78 is 5.99. The fourth-order valence-electron chi connectivity index (χ4n) is 2.98. The summed E-state index contributed by atoms with van der Waals surface area (Å²) in [5, 5.41) is 3.65. The van der Waals surface area contributed by atoms with Crippen molar-refractivity contribution in [3.05, 3.63) is 84.2 Å². The largest absolute Gasteiger partial charge is 0.457 e. The first-order chi connectivity index (χ1) is 14.1. The maximum atomic E-state index is 12.5. The molecule has 29 heavy (non-hydrogen) atoms. The van der Waals surface area contributed by atoms with E-state index in [4.69, 9.17) is 10.5 Å². The van der Waals surface area contributed by atoms with Crippen LogP contribution in [-0.4, -0.2) is 15.9 Å². The molecule has 0 aliphatic heterocycles. The summed E-state index contributed by atoms with van der Waals surface area (Å²) in [7, 11) is 0. The number of fused-ring (bicyclic) bond motifs is 1. The van der Waals surface area contributed by atoms with E-state index >= 15 is 0 Å². The Kier molecular flexibility index (Phi) is 5.07. The maximum Gasteiger partial charge on any atom is 0.256 e. The smallest absolute Gasteiger partial charge is 0.256 e. The van der Waals surface area contributed by atoms with Crippen molar-refractivity contribution in [2.24, 2.45) is 0 Å². The van der Waals surface area contributed by atoms with E-state index in [9.17, 15) is 4.79 Å². The number of nitrogen functional groups attached to an aromatic ring is 1. The summed E-state index contributed by atoms with van der Waals surface area (Å²) >= 11 is 0. The molecule has 0 saturated heterocycles. The van der Waals surface area contributed by atoms with Crippen LogP contribution in [-0.2, 0) is 6.42 Å². The minimum absolute atomic E-state index is 0.223. The average molecular weight is 384 g/mol. The van der Waals surface area contributed by atoms with Gasteiger partial charge in [-0.1, -0.05) is 6.92 Å². The lowest BCUT2D eigenvalue weighted by atomic mass is 10.1. The molecule has 0 aliphatic rings. The molecule has 6 nitrogen and oxygen atoms in total. The second-order valence-electron chi connectivity index (χ2n) is 6.57. The number of rotatable bonds is 5. The Morgan fingerprint density at radius 3 is 2.59 bits per heavy atom. The Labute approximate surface area is 168 Å². The van der Waals surface area contributed by atoms with Gasteiger partial charge in [-0.15, -0.1) is 0 Å². The Bertz CT molecular complexity index is 1170. The summed E-state index contributed by atoms with van der Waals surface area (Å²) in [4.78, 5) is 21.0. The van der Waals surface area contributed by atoms with Crippen LogP contribution in [0.5, 0.6) is 11.5 Å². The summed E-state index contributed by atoms with van der Waals surface area (Å²) in [5.41, 5.74) is 8.96. The third-order valence-corrected chi connectivity index (χ3v) is 4.54. The average Bonchev–Trinajstić information content (AvgIpc) is 2.75. The van der Waals surface area contributed by atoms with Gasteiger partial charge in [0.25, 0.3) is 5.91 Å². The highest BCUT2D eigenvalue weighted by molar-refractivity contribution is 6.03. The lowest BCUT2D eigenvalue weighted by molar-refractivity contribution is 0.102. The highest BCUT2D eigenvalue weighted by Gasteiger charge is 2.09. The Balaban J connectivity index is 1.51. The maximum absolute atomic E-state index is 12.5. The number of nitrogens with two attached hydrogens (primary N) is 1. The molecule has 2 aromatic heterocycles. The number of hydrogen-bond donors (Lipinski definition) is 2. The molecule has 1 amide bonds. The lowest BCUT2D eigenvalue weighted by Crippen LogP contribution is -2.12. The molecule has 0 saturated carbocycles. The van der Waals surface area contributed by atoms with Gasteiger partial charge in [-0.25, -0.2) is 4.98 Å². The molecule has 4 rings (SSSR count). The van der Waals surface area contributed by atoms with Crippen molar-refractivity contribution in [1.82, 2.24) is 9.97 Å². The third kappa shape index (κ3) is 4.16. The van der Waals surface area contributed by atoms with Crippen LogP contribution in [0.2, 0.25) is 0 Å². The zero-order valence-electron chi connectivity index (χ0n) is 15.9. The summed E-state index contributed by atoms with van der Waals surface area (Å²) in [6, 6.07) is 18.0. The van der Waals surface area contributed by atoms with Gasteiger partial charge in [-0.3, -0.25) is 9.78 Å². The fraction of sp³-hybridized carbons (Fsp3) is 0.0870. The van der Waals surface area contributed by atoms with Crippen molar-refractivity contribution >= 4 is 28.3 Å². The van der Waals surface area contributed by atoms with E-state index in [1.165, 1.54) is 0 Å². The molecule has 4 aromatic rings. The molecule has 0 unspecified atom stereocenters. The Morgan fingerprint density at radius 1 is 1.00 bits per heavy atom. The van der Waals surface area contributed by atoms with Crippen LogP contribution in [0.1, 0.15) is 22.8 Å². The van der Waals surface area contributed by atoms with Crippen molar-refractivity contribution in [2.45, 2.75) is 13.3 Å². The van der Waals surface area contributed by atoms with E-state index in [1.54, 1.807) is 48.8 Å². The highest BCUT2D eigenvalue weighted by atomic mass is 16.5. The number of amides is 1. The minimum Gasteiger partial charge on any atom is -0.457 e. The first-order valence-electron chi connectivity index (χ1n) is 9.31. The highest BCUT2D eigenvalue weighted by Crippen LogP contribution is 2.30. The van der Waals surface area contributed by atoms with Gasteiger partial charge >= 0.3 is 0 Å². The van der Waals surface area contributed by atoms with Crippen LogP contribution in [0.4, 0.5) is 11.5 Å². The molecule has 3 N–H and O–H groups in total. The molecule has 0 spiro atoms. The second-order valence-corrected chi connectivity index (χ2v) is 6.57. The standard InChI is InChI=1S/C23H20N4O2/c1-2-15-9-11-26-22(13-15)27-23(28)16-3-6-18(7-4-16)29-21-10-12-25-20-8-5-17(24)14-19(20)21/h3-14H,2,24H2,1H3,(H,26,27,28). The van der Waals surface area contributed by atoms with Crippen LogP contribution < -0.4 is 15.8 Å². The number of pyridine rings is 2. The minimum atomic E-state index is -0.223. The molecular weight excluding hydrogens is 364 g/mol. The van der Waals surface area contributed by atoms with Crippen molar-refractivity contribution in [1.29, 1.82) is 0 Å². The number of anilines is 2. The number of ether oxygens (including phenoxy) is 1. The first kappa shape index (κ1) is 18.4. The van der Waals surface area contributed by atoms with Crippen LogP contribution >= 0.6 is 0 Å². The monoisotopic (exact) mass is 384 g/mol. The predicted octanol–water partition coefficient (Wildman–Crippen LogP) is 4.82. The topological polar surface area (TPSA) is 90.1 Å². The van der Waals surface area contributed by atoms with E-state index in [1.807, 2.05) is 24.3 Å². The summed E-state index contributed by atoms with van der Waals surface area (Å²) in [5.74, 6) is 1.58. The van der Waals surface area contributed by atoms with Crippen molar-refractivity contribution in [2.75, 3.05) is 11.1 Å². The second kappa shape index (κ2) is 7.98. The van der Waals surface area contributed by atoms with Gasteiger partial charge in [-0.05, 0) is 72.6 Å². The number of nitrogens with one attached hydrogen (secondary N) is 1. The van der Waals surface area contributed by atoms with E-state index in [2.05, 4.69) is 22.2 Å². The zero-order valence-corrected chi connectivity index (χ0v) is 15.9. The molecule has 0 aliphatic carbocycles. The number of benzene rings is 2. The van der Waals surface area contributed by atoms with E-state index in [-0.39, 0.29) is 5.91 Å². The number of nitrogens with zero attached hydrogens (tertiary/aromatic N) is 2. The van der Waals surface area contributed by atoms with Crippen molar-refractivity contribution in [3.8, 4) is 11.5 Å². The molecule has 144 valence electrons. The molecule has 0 radical (unpaired) electrons. The molecule has 6 heteroatoms. The fourth-order valence-corrected chi connectivity index (χ4v) is 2.98. The number of aryl methyl sites for hydroxylation is 1. The molecule has 0 fully saturated rings. The van der Waals surface area contributed by atoms with Gasteiger partial charge < -0.3 is 15.8 Å². The number of carbonyl (C=O) groups is 1. The summed E-state index contributed by atoms with van der Waals surface area (Å²) in [6.45, 7) is 2.06. The lowest BCUT2D eigenvalue weighted by Gasteiger charge is -2.10. The Morgan fingerprint density at radius 2 is 1.79 bits per heavy atom. The quantitative estimate of drug-likeness (QED) is 0.482. The number of hydrogen-bond acceptors (Lipinski definition) is 5. The molecule has 0 bridgehead atoms. The van der Waals surface area contributed by atoms with E-state index in [0.29, 0.717) is 28.6 Å². The van der Waals surface area contributed by atoms with Gasteiger partial charge in [0.05, 0.1) is 5.52 Å².